The first-order valence-corrected chi connectivity index (χ1v) is 5.13. The Hall–Kier alpha value is -1.36. The largest absolute Gasteiger partial charge is 0.320 e. The lowest BCUT2D eigenvalue weighted by atomic mass is 9.99. The Kier molecular flexibility index (Phi) is 3.85. The maximum Gasteiger partial charge on any atom is 0.242 e. The summed E-state index contributed by atoms with van der Waals surface area (Å²) in [6.07, 6.45) is 0.883. The summed E-state index contributed by atoms with van der Waals surface area (Å²) in [7, 11) is 0. The number of hydrogen-bond donors (Lipinski definition) is 3. The lowest BCUT2D eigenvalue weighted by Crippen LogP contribution is -2.40. The van der Waals surface area contributed by atoms with Gasteiger partial charge in [0, 0.05) is 11.8 Å². The van der Waals surface area contributed by atoms with E-state index in [0.29, 0.717) is 5.82 Å². The van der Waals surface area contributed by atoms with Gasteiger partial charge in [-0.3, -0.25) is 9.89 Å². The second kappa shape index (κ2) is 4.93. The van der Waals surface area contributed by atoms with Crippen molar-refractivity contribution >= 4 is 11.7 Å². The van der Waals surface area contributed by atoms with Crippen LogP contribution in [0.3, 0.4) is 0 Å². The Morgan fingerprint density at radius 2 is 2.40 bits per heavy atom. The number of hydrogen-bond acceptors (Lipinski definition) is 3. The summed E-state index contributed by atoms with van der Waals surface area (Å²) in [5.41, 5.74) is 6.68. The van der Waals surface area contributed by atoms with Crippen molar-refractivity contribution in [1.29, 1.82) is 0 Å². The van der Waals surface area contributed by atoms with Gasteiger partial charge in [0.15, 0.2) is 5.82 Å². The van der Waals surface area contributed by atoms with E-state index in [2.05, 4.69) is 15.5 Å². The number of anilines is 1. The van der Waals surface area contributed by atoms with E-state index < -0.39 is 6.04 Å². The summed E-state index contributed by atoms with van der Waals surface area (Å²) >= 11 is 0. The maximum absolute atomic E-state index is 11.6. The van der Waals surface area contributed by atoms with Crippen LogP contribution in [0.2, 0.25) is 0 Å². The van der Waals surface area contributed by atoms with Crippen LogP contribution in [0.15, 0.2) is 6.07 Å². The number of aromatic amines is 1. The van der Waals surface area contributed by atoms with Gasteiger partial charge in [-0.05, 0) is 12.8 Å². The first kappa shape index (κ1) is 11.7. The van der Waals surface area contributed by atoms with Crippen LogP contribution in [0.5, 0.6) is 0 Å². The smallest absolute Gasteiger partial charge is 0.242 e. The second-order valence-electron chi connectivity index (χ2n) is 3.84. The fourth-order valence-corrected chi connectivity index (χ4v) is 1.20. The molecule has 0 aliphatic heterocycles. The Morgan fingerprint density at radius 1 is 1.73 bits per heavy atom. The average molecular weight is 210 g/mol. The summed E-state index contributed by atoms with van der Waals surface area (Å²) in [4.78, 5) is 11.6. The number of carbonyl (C=O) groups is 1. The van der Waals surface area contributed by atoms with Crippen LogP contribution in [0, 0.1) is 12.8 Å². The molecule has 0 unspecified atom stereocenters. The van der Waals surface area contributed by atoms with Gasteiger partial charge in [0.25, 0.3) is 0 Å². The van der Waals surface area contributed by atoms with Crippen LogP contribution in [0.25, 0.3) is 0 Å². The van der Waals surface area contributed by atoms with Gasteiger partial charge >= 0.3 is 0 Å². The standard InChI is InChI=1S/C10H18N4O/c1-4-6(2)9(11)10(15)12-8-5-7(3)13-14-8/h5-6,9H,4,11H2,1-3H3,(H2,12,13,14,15)/t6-,9-/m0/s1. The first-order chi connectivity index (χ1) is 7.04. The third-order valence-electron chi connectivity index (χ3n) is 2.52. The van der Waals surface area contributed by atoms with Gasteiger partial charge in [-0.25, -0.2) is 0 Å². The second-order valence-corrected chi connectivity index (χ2v) is 3.84. The molecule has 0 fully saturated rings. The van der Waals surface area contributed by atoms with Crippen molar-refractivity contribution < 1.29 is 4.79 Å². The Balaban J connectivity index is 2.55. The fraction of sp³-hybridized carbons (Fsp3) is 0.600. The zero-order chi connectivity index (χ0) is 11.4. The zero-order valence-corrected chi connectivity index (χ0v) is 9.37. The summed E-state index contributed by atoms with van der Waals surface area (Å²) in [5.74, 6) is 0.511. The molecule has 5 heteroatoms. The third-order valence-corrected chi connectivity index (χ3v) is 2.52. The van der Waals surface area contributed by atoms with Crippen LogP contribution in [0.1, 0.15) is 26.0 Å². The molecule has 5 nitrogen and oxygen atoms in total. The number of aromatic nitrogens is 2. The van der Waals surface area contributed by atoms with Gasteiger partial charge in [0.2, 0.25) is 5.91 Å². The number of nitrogens with one attached hydrogen (secondary N) is 2. The number of nitrogens with two attached hydrogens (primary N) is 1. The molecule has 2 atom stereocenters. The Bertz CT molecular complexity index is 334. The highest BCUT2D eigenvalue weighted by atomic mass is 16.2. The molecule has 1 amide bonds. The van der Waals surface area contributed by atoms with E-state index in [1.165, 1.54) is 0 Å². The predicted molar refractivity (Wildman–Crippen MR) is 59.4 cm³/mol. The van der Waals surface area contributed by atoms with Crippen molar-refractivity contribution in [3.05, 3.63) is 11.8 Å². The molecule has 1 aromatic rings. The first-order valence-electron chi connectivity index (χ1n) is 5.13. The van der Waals surface area contributed by atoms with Gasteiger partial charge in [-0.15, -0.1) is 0 Å². The summed E-state index contributed by atoms with van der Waals surface area (Å²) in [6.45, 7) is 5.84. The molecule has 0 bridgehead atoms. The molecule has 0 radical (unpaired) electrons. The Morgan fingerprint density at radius 3 is 2.87 bits per heavy atom. The topological polar surface area (TPSA) is 83.8 Å². The van der Waals surface area contributed by atoms with Crippen molar-refractivity contribution in [2.45, 2.75) is 33.2 Å². The normalized spacial score (nSPS) is 14.7. The number of nitrogens with zero attached hydrogens (tertiary/aromatic N) is 1. The third kappa shape index (κ3) is 3.06. The monoisotopic (exact) mass is 210 g/mol. The highest BCUT2D eigenvalue weighted by Gasteiger charge is 2.19. The quantitative estimate of drug-likeness (QED) is 0.694. The van der Waals surface area contributed by atoms with Crippen LogP contribution in [-0.4, -0.2) is 22.1 Å². The molecule has 1 heterocycles. The van der Waals surface area contributed by atoms with Crippen molar-refractivity contribution in [1.82, 2.24) is 10.2 Å². The van der Waals surface area contributed by atoms with Crippen molar-refractivity contribution in [3.63, 3.8) is 0 Å². The van der Waals surface area contributed by atoms with Crippen molar-refractivity contribution in [2.24, 2.45) is 11.7 Å². The SMILES string of the molecule is CC[C@H](C)[C@H](N)C(=O)Nc1cc(C)[nH]n1. The average Bonchev–Trinajstić information content (AvgIpc) is 2.61. The van der Waals surface area contributed by atoms with Crippen molar-refractivity contribution in [3.8, 4) is 0 Å². The van der Waals surface area contributed by atoms with Gasteiger partial charge in [-0.1, -0.05) is 20.3 Å². The highest BCUT2D eigenvalue weighted by molar-refractivity contribution is 5.94. The van der Waals surface area contributed by atoms with E-state index in [1.807, 2.05) is 20.8 Å². The number of amides is 1. The van der Waals surface area contributed by atoms with Crippen molar-refractivity contribution in [2.75, 3.05) is 5.32 Å². The number of aryl methyl sites for hydroxylation is 1. The molecule has 0 aliphatic rings. The van der Waals surface area contributed by atoms with Crippen LogP contribution >= 0.6 is 0 Å². The molecule has 15 heavy (non-hydrogen) atoms. The fourth-order valence-electron chi connectivity index (χ4n) is 1.20. The summed E-state index contributed by atoms with van der Waals surface area (Å²) in [6, 6.07) is 1.29. The molecule has 4 N–H and O–H groups in total. The summed E-state index contributed by atoms with van der Waals surface area (Å²) in [5, 5.41) is 9.33. The van der Waals surface area contributed by atoms with Gasteiger partial charge < -0.3 is 11.1 Å². The lowest BCUT2D eigenvalue weighted by molar-refractivity contribution is -0.118. The molecule has 1 rings (SSSR count). The van der Waals surface area contributed by atoms with Gasteiger partial charge in [0.05, 0.1) is 6.04 Å². The minimum Gasteiger partial charge on any atom is -0.320 e. The van der Waals surface area contributed by atoms with E-state index >= 15 is 0 Å². The van der Waals surface area contributed by atoms with E-state index in [-0.39, 0.29) is 11.8 Å². The molecule has 0 saturated heterocycles. The number of rotatable bonds is 4. The minimum atomic E-state index is -0.480. The molecule has 0 spiro atoms. The summed E-state index contributed by atoms with van der Waals surface area (Å²) < 4.78 is 0. The van der Waals surface area contributed by atoms with E-state index in [1.54, 1.807) is 6.07 Å². The molecule has 0 aromatic carbocycles. The number of carbonyl (C=O) groups excluding carboxylic acids is 1. The Labute approximate surface area is 89.4 Å². The van der Waals surface area contributed by atoms with Crippen LogP contribution in [0.4, 0.5) is 5.82 Å². The van der Waals surface area contributed by atoms with Gasteiger partial charge in [0.1, 0.15) is 0 Å². The molecule has 0 aliphatic carbocycles. The van der Waals surface area contributed by atoms with E-state index in [9.17, 15) is 4.79 Å². The van der Waals surface area contributed by atoms with E-state index in [4.69, 9.17) is 5.73 Å². The molecular weight excluding hydrogens is 192 g/mol. The number of H-pyrrole nitrogens is 1. The minimum absolute atomic E-state index is 0.171. The predicted octanol–water partition coefficient (Wildman–Crippen LogP) is 1.03. The molecular formula is C10H18N4O. The molecule has 1 aromatic heterocycles. The van der Waals surface area contributed by atoms with Crippen LogP contribution < -0.4 is 11.1 Å². The molecule has 84 valence electrons. The highest BCUT2D eigenvalue weighted by Crippen LogP contribution is 2.09. The zero-order valence-electron chi connectivity index (χ0n) is 9.37. The van der Waals surface area contributed by atoms with Crippen LogP contribution in [-0.2, 0) is 4.79 Å². The van der Waals surface area contributed by atoms with E-state index in [0.717, 1.165) is 12.1 Å². The molecule has 0 saturated carbocycles. The lowest BCUT2D eigenvalue weighted by Gasteiger charge is -2.16. The maximum atomic E-state index is 11.6. The van der Waals surface area contributed by atoms with Gasteiger partial charge in [-0.2, -0.15) is 5.10 Å².